The predicted molar refractivity (Wildman–Crippen MR) is 163 cm³/mol. The van der Waals surface area contributed by atoms with Gasteiger partial charge in [0.2, 0.25) is 5.91 Å². The van der Waals surface area contributed by atoms with Crippen LogP contribution in [-0.2, 0) is 44.7 Å². The Morgan fingerprint density at radius 3 is 2.37 bits per heavy atom. The number of carbonyl (C=O) groups excluding carboxylic acids is 3. The molecule has 0 spiro atoms. The Morgan fingerprint density at radius 1 is 0.977 bits per heavy atom. The lowest BCUT2D eigenvalue weighted by molar-refractivity contribution is -0.160. The van der Waals surface area contributed by atoms with Crippen LogP contribution in [-0.4, -0.2) is 68.1 Å². The van der Waals surface area contributed by atoms with Crippen LogP contribution in [0.1, 0.15) is 97.1 Å². The molecule has 2 aliphatic rings. The number of nitrogens with one attached hydrogen (secondary N) is 1. The highest BCUT2D eigenvalue weighted by Crippen LogP contribution is 2.36. The lowest BCUT2D eigenvalue weighted by Gasteiger charge is -2.31. The molecular formula is C34H51NO8. The molecule has 1 fully saturated rings. The van der Waals surface area contributed by atoms with Crippen molar-refractivity contribution >= 4 is 17.8 Å². The van der Waals surface area contributed by atoms with E-state index in [4.69, 9.17) is 23.7 Å². The Bertz CT molecular complexity index is 1090. The van der Waals surface area contributed by atoms with E-state index in [1.807, 2.05) is 59.8 Å². The monoisotopic (exact) mass is 601 g/mol. The van der Waals surface area contributed by atoms with Gasteiger partial charge in [-0.15, -0.1) is 0 Å². The largest absolute Gasteiger partial charge is 0.458 e. The Morgan fingerprint density at radius 2 is 1.67 bits per heavy atom. The molecule has 9 nitrogen and oxygen atoms in total. The molecule has 3 rings (SSSR count). The second kappa shape index (κ2) is 16.4. The Labute approximate surface area is 257 Å². The number of ether oxygens (including phenoxy) is 5. The summed E-state index contributed by atoms with van der Waals surface area (Å²) in [6.07, 6.45) is 7.06. The highest BCUT2D eigenvalue weighted by Gasteiger charge is 2.30. The molecule has 1 aromatic carbocycles. The minimum absolute atomic E-state index is 0.0515. The first-order valence-corrected chi connectivity index (χ1v) is 15.6. The summed E-state index contributed by atoms with van der Waals surface area (Å²) in [7, 11) is 0. The first kappa shape index (κ1) is 34.7. The van der Waals surface area contributed by atoms with E-state index < -0.39 is 11.2 Å². The van der Waals surface area contributed by atoms with Gasteiger partial charge in [0, 0.05) is 18.0 Å². The molecule has 1 heterocycles. The zero-order chi connectivity index (χ0) is 31.5. The molecule has 1 N–H and O–H groups in total. The highest BCUT2D eigenvalue weighted by molar-refractivity contribution is 5.89. The summed E-state index contributed by atoms with van der Waals surface area (Å²) in [6, 6.07) is 8.24. The molecule has 1 atom stereocenters. The van der Waals surface area contributed by atoms with Gasteiger partial charge in [0.15, 0.2) is 0 Å². The fraction of sp³-hybridized carbons (Fsp3) is 0.676. The van der Waals surface area contributed by atoms with Crippen molar-refractivity contribution in [1.29, 1.82) is 0 Å². The van der Waals surface area contributed by atoms with Crippen LogP contribution in [0.4, 0.5) is 0 Å². The maximum absolute atomic E-state index is 13.2. The fourth-order valence-corrected chi connectivity index (χ4v) is 5.39. The quantitative estimate of drug-likeness (QED) is 0.375. The number of allylic oxidation sites excluding steroid dienone is 1. The highest BCUT2D eigenvalue weighted by atomic mass is 16.6. The number of carbonyl (C=O) groups is 3. The maximum atomic E-state index is 13.2. The van der Waals surface area contributed by atoms with Gasteiger partial charge >= 0.3 is 11.9 Å². The second-order valence-electron chi connectivity index (χ2n) is 13.5. The molecule has 0 radical (unpaired) electrons. The van der Waals surface area contributed by atoms with E-state index in [0.29, 0.717) is 37.7 Å². The summed E-state index contributed by atoms with van der Waals surface area (Å²) in [5.74, 6) is -0.849. The smallest absolute Gasteiger partial charge is 0.334 e. The first-order chi connectivity index (χ1) is 20.3. The molecule has 43 heavy (non-hydrogen) atoms. The third-order valence-corrected chi connectivity index (χ3v) is 7.29. The van der Waals surface area contributed by atoms with E-state index in [2.05, 4.69) is 17.4 Å². The second-order valence-corrected chi connectivity index (χ2v) is 13.5. The van der Waals surface area contributed by atoms with Crippen molar-refractivity contribution in [2.24, 2.45) is 5.92 Å². The summed E-state index contributed by atoms with van der Waals surface area (Å²) in [4.78, 5) is 37.3. The summed E-state index contributed by atoms with van der Waals surface area (Å²) < 4.78 is 28.9. The van der Waals surface area contributed by atoms with Crippen molar-refractivity contribution in [2.45, 2.75) is 110 Å². The van der Waals surface area contributed by atoms with Crippen LogP contribution in [0.5, 0.6) is 0 Å². The van der Waals surface area contributed by atoms with Crippen molar-refractivity contribution in [3.63, 3.8) is 0 Å². The van der Waals surface area contributed by atoms with E-state index >= 15 is 0 Å². The van der Waals surface area contributed by atoms with Crippen molar-refractivity contribution in [3.8, 4) is 0 Å². The molecular weight excluding hydrogens is 550 g/mol. The average molecular weight is 602 g/mol. The van der Waals surface area contributed by atoms with Crippen LogP contribution in [0, 0.1) is 5.92 Å². The van der Waals surface area contributed by atoms with Gasteiger partial charge in [-0.25, -0.2) is 9.59 Å². The van der Waals surface area contributed by atoms with Gasteiger partial charge in [0.05, 0.1) is 25.9 Å². The summed E-state index contributed by atoms with van der Waals surface area (Å²) in [5.41, 5.74) is 1.72. The molecule has 1 aliphatic carbocycles. The summed E-state index contributed by atoms with van der Waals surface area (Å²) in [5, 5.41) is 2.84. The van der Waals surface area contributed by atoms with Crippen molar-refractivity contribution in [3.05, 3.63) is 47.0 Å². The van der Waals surface area contributed by atoms with Crippen LogP contribution in [0.2, 0.25) is 0 Å². The van der Waals surface area contributed by atoms with E-state index in [0.717, 1.165) is 37.7 Å². The lowest BCUT2D eigenvalue weighted by Crippen LogP contribution is -2.33. The minimum atomic E-state index is -0.622. The van der Waals surface area contributed by atoms with Crippen molar-refractivity contribution in [2.75, 3.05) is 33.0 Å². The number of hydrogen-bond donors (Lipinski definition) is 1. The zero-order valence-corrected chi connectivity index (χ0v) is 26.9. The third-order valence-electron chi connectivity index (χ3n) is 7.29. The summed E-state index contributed by atoms with van der Waals surface area (Å²) in [6.45, 7) is 12.3. The maximum Gasteiger partial charge on any atom is 0.334 e. The molecule has 1 amide bonds. The fourth-order valence-electron chi connectivity index (χ4n) is 5.39. The molecule has 1 aromatic rings. The van der Waals surface area contributed by atoms with Crippen LogP contribution in [0.15, 0.2) is 35.9 Å². The third kappa shape index (κ3) is 12.8. The van der Waals surface area contributed by atoms with Gasteiger partial charge in [0.1, 0.15) is 24.4 Å². The van der Waals surface area contributed by atoms with Gasteiger partial charge in [-0.1, -0.05) is 30.3 Å². The van der Waals surface area contributed by atoms with Crippen molar-refractivity contribution in [1.82, 2.24) is 5.32 Å². The molecule has 1 unspecified atom stereocenters. The first-order valence-electron chi connectivity index (χ1n) is 15.6. The van der Waals surface area contributed by atoms with Crippen molar-refractivity contribution < 1.29 is 38.1 Å². The molecule has 0 bridgehead atoms. The van der Waals surface area contributed by atoms with Crippen LogP contribution in [0.3, 0.4) is 0 Å². The Hall–Kier alpha value is -2.75. The molecule has 1 aliphatic heterocycles. The van der Waals surface area contributed by atoms with E-state index in [1.165, 1.54) is 5.56 Å². The molecule has 240 valence electrons. The van der Waals surface area contributed by atoms with Gasteiger partial charge < -0.3 is 29.0 Å². The normalized spacial score (nSPS) is 22.5. The topological polar surface area (TPSA) is 109 Å². The van der Waals surface area contributed by atoms with Gasteiger partial charge in [-0.05, 0) is 97.1 Å². The van der Waals surface area contributed by atoms with Crippen LogP contribution in [0.25, 0.3) is 0 Å². The molecule has 9 heteroatoms. The lowest BCUT2D eigenvalue weighted by atomic mass is 9.81. The zero-order valence-electron chi connectivity index (χ0n) is 26.9. The van der Waals surface area contributed by atoms with E-state index in [1.54, 1.807) is 0 Å². The van der Waals surface area contributed by atoms with Gasteiger partial charge in [-0.3, -0.25) is 4.79 Å². The Balaban J connectivity index is 1.58. The van der Waals surface area contributed by atoms with Gasteiger partial charge in [0.25, 0.3) is 0 Å². The standard InChI is InChI=1S/C34H51NO8/c1-33(2,3)42-31(37)23-40-19-25-11-7-8-12-28(25)24-14-16-27(17-15-24)41-21-26-20-39-22-30(36)35-18-10-9-13-29(26)32(38)43-34(4,5)6/h7-8,11-13,24,26-27H,9-10,14-23H2,1-6H3,(H,35,36). The number of hydrogen-bond acceptors (Lipinski definition) is 8. The minimum Gasteiger partial charge on any atom is -0.458 e. The number of benzene rings is 1. The number of rotatable bonds is 9. The molecule has 1 saturated carbocycles. The SMILES string of the molecule is CC(C)(C)OC(=O)COCc1ccccc1C1CCC(OCC2COCC(=O)NCCCC=C2C(=O)OC(C)(C)C)CC1. The van der Waals surface area contributed by atoms with E-state index in [9.17, 15) is 14.4 Å². The van der Waals surface area contributed by atoms with Crippen LogP contribution < -0.4 is 5.32 Å². The summed E-state index contributed by atoms with van der Waals surface area (Å²) >= 11 is 0. The Kier molecular flexibility index (Phi) is 13.2. The predicted octanol–water partition coefficient (Wildman–Crippen LogP) is 5.40. The average Bonchev–Trinajstić information content (AvgIpc) is 2.95. The molecule has 0 saturated heterocycles. The van der Waals surface area contributed by atoms with E-state index in [-0.39, 0.29) is 49.7 Å². The molecule has 0 aromatic heterocycles. The van der Waals surface area contributed by atoms with Crippen LogP contribution >= 0.6 is 0 Å². The van der Waals surface area contributed by atoms with Gasteiger partial charge in [-0.2, -0.15) is 0 Å². The number of esters is 2. The number of amides is 1.